The SMILES string of the molecule is CCCCCCCNC(=O)c1ccc(N(C)C)cc1.CCCCCCCOC(=O)c1ccc(N(C)C)cc1.CCCCCOC(=O)c1ccc(N(C)C)cc1.CCCCOC(=O)c1ccc(N(C)C)cc1. The van der Waals surface area contributed by atoms with E-state index in [1.165, 1.54) is 44.9 Å². The first-order valence-electron chi connectivity index (χ1n) is 26.0. The average Bonchev–Trinajstić information content (AvgIpc) is 3.37. The van der Waals surface area contributed by atoms with Gasteiger partial charge in [-0.2, -0.15) is 0 Å². The second kappa shape index (κ2) is 38.7. The summed E-state index contributed by atoms with van der Waals surface area (Å²) in [7, 11) is 15.8. The van der Waals surface area contributed by atoms with Gasteiger partial charge in [-0.3, -0.25) is 4.79 Å². The zero-order chi connectivity index (χ0) is 52.8. The molecule has 394 valence electrons. The summed E-state index contributed by atoms with van der Waals surface area (Å²) in [5.41, 5.74) is 6.93. The minimum absolute atomic E-state index is 0.0285. The van der Waals surface area contributed by atoms with E-state index in [4.69, 9.17) is 14.2 Å². The van der Waals surface area contributed by atoms with E-state index in [1.807, 2.05) is 149 Å². The third-order valence-electron chi connectivity index (χ3n) is 11.3. The summed E-state index contributed by atoms with van der Waals surface area (Å²) in [5.74, 6) is -0.660. The normalized spacial score (nSPS) is 10.1. The number of ether oxygens (including phenoxy) is 3. The molecule has 0 aliphatic rings. The molecule has 0 unspecified atom stereocenters. The Morgan fingerprint density at radius 3 is 0.901 bits per heavy atom. The van der Waals surface area contributed by atoms with E-state index in [-0.39, 0.29) is 23.8 Å². The van der Waals surface area contributed by atoms with Crippen molar-refractivity contribution in [2.45, 2.75) is 124 Å². The van der Waals surface area contributed by atoms with E-state index >= 15 is 0 Å². The second-order valence-corrected chi connectivity index (χ2v) is 18.3. The Balaban J connectivity index is 0.000000474. The van der Waals surface area contributed by atoms with Crippen LogP contribution in [0.25, 0.3) is 0 Å². The van der Waals surface area contributed by atoms with E-state index < -0.39 is 0 Å². The molecular weight excluding hydrogens is 891 g/mol. The van der Waals surface area contributed by atoms with Crippen LogP contribution in [0.15, 0.2) is 97.1 Å². The maximum absolute atomic E-state index is 11.9. The Hall–Kier alpha value is -6.04. The van der Waals surface area contributed by atoms with E-state index in [1.54, 1.807) is 24.3 Å². The number of nitrogens with zero attached hydrogens (tertiary/aromatic N) is 4. The lowest BCUT2D eigenvalue weighted by Gasteiger charge is -2.12. The summed E-state index contributed by atoms with van der Waals surface area (Å²) in [6.45, 7) is 10.9. The molecule has 0 aromatic heterocycles. The number of anilines is 4. The van der Waals surface area contributed by atoms with Gasteiger partial charge >= 0.3 is 17.9 Å². The molecule has 0 bridgehead atoms. The van der Waals surface area contributed by atoms with Crippen molar-refractivity contribution in [3.05, 3.63) is 119 Å². The number of unbranched alkanes of at least 4 members (excludes halogenated alkanes) is 11. The highest BCUT2D eigenvalue weighted by Gasteiger charge is 2.10. The van der Waals surface area contributed by atoms with E-state index in [9.17, 15) is 19.2 Å². The number of nitrogens with one attached hydrogen (secondary N) is 1. The fourth-order valence-electron chi connectivity index (χ4n) is 6.58. The van der Waals surface area contributed by atoms with Crippen molar-refractivity contribution < 1.29 is 33.4 Å². The molecular formula is C59H91N5O7. The van der Waals surface area contributed by atoms with Gasteiger partial charge in [0.05, 0.1) is 36.5 Å². The number of carbonyl (C=O) groups excluding carboxylic acids is 4. The molecule has 0 saturated carbocycles. The third kappa shape index (κ3) is 28.4. The van der Waals surface area contributed by atoms with Gasteiger partial charge in [-0.15, -0.1) is 0 Å². The van der Waals surface area contributed by atoms with Gasteiger partial charge in [0.15, 0.2) is 0 Å². The molecule has 0 heterocycles. The first-order valence-corrected chi connectivity index (χ1v) is 26.0. The van der Waals surface area contributed by atoms with Crippen molar-refractivity contribution in [1.29, 1.82) is 0 Å². The summed E-state index contributed by atoms with van der Waals surface area (Å²) in [4.78, 5) is 54.9. The Kier molecular flexibility index (Phi) is 34.3. The lowest BCUT2D eigenvalue weighted by Crippen LogP contribution is -2.24. The van der Waals surface area contributed by atoms with E-state index in [2.05, 4.69) is 33.0 Å². The van der Waals surface area contributed by atoms with E-state index in [0.29, 0.717) is 36.5 Å². The Labute approximate surface area is 429 Å². The molecule has 4 rings (SSSR count). The summed E-state index contributed by atoms with van der Waals surface area (Å²) in [6, 6.07) is 30.0. The molecule has 1 amide bonds. The second-order valence-electron chi connectivity index (χ2n) is 18.3. The Morgan fingerprint density at radius 1 is 0.338 bits per heavy atom. The fourth-order valence-corrected chi connectivity index (χ4v) is 6.58. The van der Waals surface area contributed by atoms with E-state index in [0.717, 1.165) is 86.2 Å². The number of esters is 3. The highest BCUT2D eigenvalue weighted by Crippen LogP contribution is 2.16. The van der Waals surface area contributed by atoms with Crippen LogP contribution >= 0.6 is 0 Å². The van der Waals surface area contributed by atoms with Crippen LogP contribution in [0.2, 0.25) is 0 Å². The minimum atomic E-state index is -0.237. The van der Waals surface area contributed by atoms with Gasteiger partial charge in [-0.05, 0) is 123 Å². The number of hydrogen-bond donors (Lipinski definition) is 1. The summed E-state index contributed by atoms with van der Waals surface area (Å²) in [6.07, 6.45) is 17.0. The molecule has 0 spiro atoms. The standard InChI is InChI=1S/C16H26N2O.C16H25NO2.C14H21NO2.C13H19NO2/c1-4-5-6-7-8-13-17-16(19)14-9-11-15(12-10-14)18(2)3;1-4-5-6-7-8-13-19-16(18)14-9-11-15(12-10-14)17(2)3;1-4-5-6-11-17-14(16)12-7-9-13(10-8-12)15(2)3;1-4-5-10-16-13(15)11-6-8-12(9-7-11)14(2)3/h9-12H,4-8,13H2,1-3H3,(H,17,19);9-12H,4-8,13H2,1-3H3;7-10H,4-6,11H2,1-3H3;6-9H,4-5,10H2,1-3H3. The third-order valence-corrected chi connectivity index (χ3v) is 11.3. The smallest absolute Gasteiger partial charge is 0.338 e. The summed E-state index contributed by atoms with van der Waals surface area (Å²) in [5, 5.41) is 2.97. The molecule has 0 radical (unpaired) electrons. The summed E-state index contributed by atoms with van der Waals surface area (Å²) >= 11 is 0. The molecule has 0 fully saturated rings. The molecule has 12 heteroatoms. The van der Waals surface area contributed by atoms with Crippen molar-refractivity contribution >= 4 is 46.6 Å². The van der Waals surface area contributed by atoms with Crippen LogP contribution < -0.4 is 24.9 Å². The Bertz CT molecular complexity index is 1920. The number of hydrogen-bond acceptors (Lipinski definition) is 11. The fraction of sp³-hybridized carbons (Fsp3) is 0.525. The van der Waals surface area contributed by atoms with Crippen LogP contribution in [-0.2, 0) is 14.2 Å². The Morgan fingerprint density at radius 2 is 0.592 bits per heavy atom. The number of benzene rings is 4. The van der Waals surface area contributed by atoms with Crippen LogP contribution in [-0.4, -0.2) is 107 Å². The molecule has 4 aromatic carbocycles. The largest absolute Gasteiger partial charge is 0.462 e. The lowest BCUT2D eigenvalue weighted by atomic mass is 10.1. The molecule has 12 nitrogen and oxygen atoms in total. The zero-order valence-corrected chi connectivity index (χ0v) is 45.8. The highest BCUT2D eigenvalue weighted by atomic mass is 16.5. The molecule has 0 aliphatic carbocycles. The van der Waals surface area contributed by atoms with Gasteiger partial charge in [0, 0.05) is 91.2 Å². The topological polar surface area (TPSA) is 121 Å². The minimum Gasteiger partial charge on any atom is -0.462 e. The molecule has 1 N–H and O–H groups in total. The first-order chi connectivity index (χ1) is 34.1. The number of amides is 1. The van der Waals surface area contributed by atoms with Gasteiger partial charge in [0.2, 0.25) is 0 Å². The first kappa shape index (κ1) is 63.0. The molecule has 4 aromatic rings. The number of carbonyl (C=O) groups is 4. The van der Waals surface area contributed by atoms with Gasteiger partial charge < -0.3 is 39.1 Å². The van der Waals surface area contributed by atoms with Crippen LogP contribution in [0.3, 0.4) is 0 Å². The monoisotopic (exact) mass is 982 g/mol. The quantitative estimate of drug-likeness (QED) is 0.0349. The van der Waals surface area contributed by atoms with Crippen LogP contribution in [0, 0.1) is 0 Å². The lowest BCUT2D eigenvalue weighted by molar-refractivity contribution is 0.0488. The molecule has 0 atom stereocenters. The average molecular weight is 982 g/mol. The van der Waals surface area contributed by atoms with Gasteiger partial charge in [-0.25, -0.2) is 14.4 Å². The predicted molar refractivity (Wildman–Crippen MR) is 298 cm³/mol. The van der Waals surface area contributed by atoms with Gasteiger partial charge in [0.1, 0.15) is 0 Å². The van der Waals surface area contributed by atoms with Crippen molar-refractivity contribution in [1.82, 2.24) is 5.32 Å². The van der Waals surface area contributed by atoms with Crippen molar-refractivity contribution in [2.75, 3.05) is 102 Å². The zero-order valence-electron chi connectivity index (χ0n) is 45.8. The van der Waals surface area contributed by atoms with Crippen molar-refractivity contribution in [3.8, 4) is 0 Å². The van der Waals surface area contributed by atoms with Crippen molar-refractivity contribution in [2.24, 2.45) is 0 Å². The van der Waals surface area contributed by atoms with Crippen LogP contribution in [0.1, 0.15) is 165 Å². The summed E-state index contributed by atoms with van der Waals surface area (Å²) < 4.78 is 15.6. The van der Waals surface area contributed by atoms with Gasteiger partial charge in [0.25, 0.3) is 5.91 Å². The molecule has 71 heavy (non-hydrogen) atoms. The number of rotatable bonds is 27. The predicted octanol–water partition coefficient (Wildman–Crippen LogP) is 13.1. The van der Waals surface area contributed by atoms with Crippen molar-refractivity contribution in [3.63, 3.8) is 0 Å². The van der Waals surface area contributed by atoms with Crippen LogP contribution in [0.5, 0.6) is 0 Å². The van der Waals surface area contributed by atoms with Gasteiger partial charge in [-0.1, -0.05) is 98.3 Å². The maximum Gasteiger partial charge on any atom is 0.338 e. The molecule has 0 saturated heterocycles. The maximum atomic E-state index is 11.9. The highest BCUT2D eigenvalue weighted by molar-refractivity contribution is 5.94. The molecule has 0 aliphatic heterocycles. The van der Waals surface area contributed by atoms with Crippen LogP contribution in [0.4, 0.5) is 22.7 Å².